The number of hydrogen-bond donors (Lipinski definition) is 0. The quantitative estimate of drug-likeness (QED) is 0.513. The predicted molar refractivity (Wildman–Crippen MR) is 115 cm³/mol. The summed E-state index contributed by atoms with van der Waals surface area (Å²) in [6, 6.07) is 13.7. The summed E-state index contributed by atoms with van der Waals surface area (Å²) in [4.78, 5) is 20.0. The van der Waals surface area contributed by atoms with Crippen LogP contribution in [0.5, 0.6) is 5.75 Å². The fourth-order valence-electron chi connectivity index (χ4n) is 3.08. The van der Waals surface area contributed by atoms with Gasteiger partial charge < -0.3 is 14.4 Å². The lowest BCUT2D eigenvalue weighted by Crippen LogP contribution is -2.30. The van der Waals surface area contributed by atoms with Crippen LogP contribution in [-0.2, 0) is 17.8 Å². The highest BCUT2D eigenvalue weighted by molar-refractivity contribution is 7.12. The molecule has 5 nitrogen and oxygen atoms in total. The number of carbonyl (C=O) groups is 1. The first kappa shape index (κ1) is 21.0. The topological polar surface area (TPSA) is 51.7 Å². The van der Waals surface area contributed by atoms with Crippen molar-refractivity contribution in [2.24, 2.45) is 0 Å². The molecular weight excluding hydrogens is 384 g/mol. The number of nitrogens with zero attached hydrogens (tertiary/aromatic N) is 2. The van der Waals surface area contributed by atoms with E-state index in [1.807, 2.05) is 66.6 Å². The minimum absolute atomic E-state index is 0.0355. The zero-order valence-electron chi connectivity index (χ0n) is 17.0. The van der Waals surface area contributed by atoms with Gasteiger partial charge in [-0.3, -0.25) is 9.78 Å². The molecule has 0 aliphatic heterocycles. The summed E-state index contributed by atoms with van der Waals surface area (Å²) in [5, 5.41) is 1.96. The van der Waals surface area contributed by atoms with E-state index in [0.29, 0.717) is 19.7 Å². The second-order valence-electron chi connectivity index (χ2n) is 6.98. The van der Waals surface area contributed by atoms with Crippen LogP contribution in [-0.4, -0.2) is 35.6 Å². The van der Waals surface area contributed by atoms with E-state index in [9.17, 15) is 4.79 Å². The first-order chi connectivity index (χ1) is 14.1. The smallest absolute Gasteiger partial charge is 0.264 e. The molecular formula is C23H26N2O3S. The van der Waals surface area contributed by atoms with Crippen LogP contribution in [0.15, 0.2) is 60.2 Å². The van der Waals surface area contributed by atoms with E-state index >= 15 is 0 Å². The number of amides is 1. The molecule has 1 amide bonds. The minimum Gasteiger partial charge on any atom is -0.488 e. The molecule has 0 N–H and O–H groups in total. The van der Waals surface area contributed by atoms with Crippen LogP contribution >= 0.6 is 11.3 Å². The van der Waals surface area contributed by atoms with Gasteiger partial charge in [0.25, 0.3) is 5.91 Å². The van der Waals surface area contributed by atoms with Crippen molar-refractivity contribution < 1.29 is 14.3 Å². The minimum atomic E-state index is -0.0430. The molecule has 0 bridgehead atoms. The van der Waals surface area contributed by atoms with E-state index in [0.717, 1.165) is 27.3 Å². The van der Waals surface area contributed by atoms with E-state index in [1.54, 1.807) is 19.5 Å². The Labute approximate surface area is 175 Å². The highest BCUT2D eigenvalue weighted by atomic mass is 32.1. The predicted octanol–water partition coefficient (Wildman–Crippen LogP) is 4.71. The number of methoxy groups -OCH3 is 1. The monoisotopic (exact) mass is 410 g/mol. The van der Waals surface area contributed by atoms with E-state index in [1.165, 1.54) is 11.3 Å². The third kappa shape index (κ3) is 5.89. The highest BCUT2D eigenvalue weighted by Gasteiger charge is 2.20. The molecule has 3 aromatic rings. The molecule has 6 heteroatoms. The van der Waals surface area contributed by atoms with Crippen molar-refractivity contribution in [3.63, 3.8) is 0 Å². The van der Waals surface area contributed by atoms with Gasteiger partial charge in [-0.15, -0.1) is 11.3 Å². The molecule has 2 heterocycles. The van der Waals surface area contributed by atoms with Gasteiger partial charge in [0.15, 0.2) is 0 Å². The number of rotatable bonds is 9. The molecule has 29 heavy (non-hydrogen) atoms. The molecule has 1 unspecified atom stereocenters. The van der Waals surface area contributed by atoms with Crippen molar-refractivity contribution in [2.75, 3.05) is 13.7 Å². The Hall–Kier alpha value is -2.70. The van der Waals surface area contributed by atoms with Crippen LogP contribution in [0.3, 0.4) is 0 Å². The maximum Gasteiger partial charge on any atom is 0.264 e. The molecule has 0 spiro atoms. The molecule has 152 valence electrons. The Bertz CT molecular complexity index is 927. The maximum atomic E-state index is 13.3. The van der Waals surface area contributed by atoms with Crippen LogP contribution in [0.25, 0.3) is 0 Å². The van der Waals surface area contributed by atoms with Crippen LogP contribution < -0.4 is 4.74 Å². The third-order valence-corrected chi connectivity index (χ3v) is 5.48. The molecule has 0 aliphatic carbocycles. The van der Waals surface area contributed by atoms with Crippen molar-refractivity contribution in [3.8, 4) is 5.75 Å². The Balaban J connectivity index is 1.81. The van der Waals surface area contributed by atoms with Crippen molar-refractivity contribution >= 4 is 17.2 Å². The number of aryl methyl sites for hydroxylation is 1. The lowest BCUT2D eigenvalue weighted by atomic mass is 10.1. The molecule has 3 rings (SSSR count). The first-order valence-corrected chi connectivity index (χ1v) is 10.4. The zero-order valence-corrected chi connectivity index (χ0v) is 17.8. The highest BCUT2D eigenvalue weighted by Crippen LogP contribution is 2.22. The fourth-order valence-corrected chi connectivity index (χ4v) is 3.97. The van der Waals surface area contributed by atoms with Gasteiger partial charge in [-0.1, -0.05) is 12.1 Å². The van der Waals surface area contributed by atoms with Crippen molar-refractivity contribution in [1.29, 1.82) is 0 Å². The number of carbonyl (C=O) groups excluding carboxylic acids is 1. The summed E-state index contributed by atoms with van der Waals surface area (Å²) < 4.78 is 11.1. The summed E-state index contributed by atoms with van der Waals surface area (Å²) in [5.74, 6) is 0.809. The number of ether oxygens (including phenoxy) is 2. The van der Waals surface area contributed by atoms with Crippen LogP contribution in [0.1, 0.15) is 33.3 Å². The number of thiophene rings is 1. The number of benzene rings is 1. The Morgan fingerprint density at radius 1 is 1.14 bits per heavy atom. The van der Waals surface area contributed by atoms with Crippen molar-refractivity contribution in [2.45, 2.75) is 33.0 Å². The fraction of sp³-hybridized carbons (Fsp3) is 0.304. The summed E-state index contributed by atoms with van der Waals surface area (Å²) in [6.45, 7) is 5.47. The largest absolute Gasteiger partial charge is 0.488 e. The van der Waals surface area contributed by atoms with Crippen LogP contribution in [0.4, 0.5) is 0 Å². The summed E-state index contributed by atoms with van der Waals surface area (Å²) in [5.41, 5.74) is 3.07. The van der Waals surface area contributed by atoms with Gasteiger partial charge in [0, 0.05) is 32.6 Å². The maximum absolute atomic E-state index is 13.3. The summed E-state index contributed by atoms with van der Waals surface area (Å²) in [7, 11) is 1.66. The Morgan fingerprint density at radius 3 is 2.59 bits per heavy atom. The van der Waals surface area contributed by atoms with Gasteiger partial charge in [0.05, 0.1) is 11.5 Å². The lowest BCUT2D eigenvalue weighted by Gasteiger charge is -2.23. The molecule has 1 aromatic carbocycles. The summed E-state index contributed by atoms with van der Waals surface area (Å²) >= 11 is 1.48. The molecule has 0 fully saturated rings. The lowest BCUT2D eigenvalue weighted by molar-refractivity contribution is 0.0733. The summed E-state index contributed by atoms with van der Waals surface area (Å²) in [6.07, 6.45) is 3.46. The third-order valence-electron chi connectivity index (χ3n) is 4.48. The molecule has 0 radical (unpaired) electrons. The molecule has 2 aromatic heterocycles. The van der Waals surface area contributed by atoms with E-state index in [-0.39, 0.29) is 12.0 Å². The standard InChI is InChI=1S/C23H26N2O3S/c1-17-9-12-29-22(17)23(26)25(14-19-7-10-24-11-8-19)15-20-5-4-6-21(13-20)28-18(2)16-27-3/h4-13,18H,14-16H2,1-3H3. The Kier molecular flexibility index (Phi) is 7.38. The van der Waals surface area contributed by atoms with Gasteiger partial charge in [-0.2, -0.15) is 0 Å². The average Bonchev–Trinajstić information content (AvgIpc) is 3.14. The SMILES string of the molecule is COCC(C)Oc1cccc(CN(Cc2ccncc2)C(=O)c2sccc2C)c1. The number of pyridine rings is 1. The normalized spacial score (nSPS) is 11.8. The van der Waals surface area contributed by atoms with E-state index < -0.39 is 0 Å². The Morgan fingerprint density at radius 2 is 1.90 bits per heavy atom. The average molecular weight is 411 g/mol. The molecule has 0 aliphatic rings. The van der Waals surface area contributed by atoms with Gasteiger partial charge >= 0.3 is 0 Å². The number of aromatic nitrogens is 1. The van der Waals surface area contributed by atoms with Gasteiger partial charge in [0.1, 0.15) is 11.9 Å². The van der Waals surface area contributed by atoms with Crippen LogP contribution in [0, 0.1) is 6.92 Å². The van der Waals surface area contributed by atoms with Gasteiger partial charge in [-0.05, 0) is 66.2 Å². The molecule has 0 saturated heterocycles. The van der Waals surface area contributed by atoms with E-state index in [4.69, 9.17) is 9.47 Å². The zero-order chi connectivity index (χ0) is 20.6. The van der Waals surface area contributed by atoms with Crippen molar-refractivity contribution in [1.82, 2.24) is 9.88 Å². The van der Waals surface area contributed by atoms with Gasteiger partial charge in [-0.25, -0.2) is 0 Å². The van der Waals surface area contributed by atoms with Crippen LogP contribution in [0.2, 0.25) is 0 Å². The van der Waals surface area contributed by atoms with Gasteiger partial charge in [0.2, 0.25) is 0 Å². The molecule has 0 saturated carbocycles. The van der Waals surface area contributed by atoms with E-state index in [2.05, 4.69) is 4.98 Å². The molecule has 1 atom stereocenters. The van der Waals surface area contributed by atoms with Crippen molar-refractivity contribution in [3.05, 3.63) is 81.8 Å². The first-order valence-electron chi connectivity index (χ1n) is 9.53. The second kappa shape index (κ2) is 10.2. The number of hydrogen-bond acceptors (Lipinski definition) is 5. The second-order valence-corrected chi connectivity index (χ2v) is 7.90.